The predicted molar refractivity (Wildman–Crippen MR) is 249 cm³/mol. The third kappa shape index (κ3) is 6.45. The SMILES string of the molecule is Cc1cc(C)nc(-c2ccc(-c3ccc(-c4cc(-c5nc(-c6ccccc6)cc(-c6ccccc6)n5)cc(-c5cc6cccc7ccc8cccc5c8c76)c4)cc3)cc2)n1. The van der Waals surface area contributed by atoms with Gasteiger partial charge in [0.1, 0.15) is 0 Å². The summed E-state index contributed by atoms with van der Waals surface area (Å²) < 4.78 is 0. The van der Waals surface area contributed by atoms with E-state index in [2.05, 4.69) is 186 Å². The van der Waals surface area contributed by atoms with Gasteiger partial charge in [-0.1, -0.05) is 158 Å². The zero-order valence-corrected chi connectivity index (χ0v) is 33.3. The minimum Gasteiger partial charge on any atom is -0.233 e. The van der Waals surface area contributed by atoms with E-state index in [9.17, 15) is 0 Å². The molecule has 9 aromatic carbocycles. The lowest BCUT2D eigenvalue weighted by Crippen LogP contribution is -1.97. The van der Waals surface area contributed by atoms with Crippen molar-refractivity contribution in [2.24, 2.45) is 0 Å². The van der Waals surface area contributed by atoms with E-state index >= 15 is 0 Å². The minimum absolute atomic E-state index is 0.680. The normalized spacial score (nSPS) is 11.5. The second kappa shape index (κ2) is 14.5. The summed E-state index contributed by atoms with van der Waals surface area (Å²) in [5.74, 6) is 1.43. The van der Waals surface area contributed by atoms with Gasteiger partial charge in [-0.15, -0.1) is 0 Å². The molecule has 0 amide bonds. The van der Waals surface area contributed by atoms with Crippen molar-refractivity contribution in [3.05, 3.63) is 206 Å². The molecule has 11 aromatic rings. The molecule has 282 valence electrons. The summed E-state index contributed by atoms with van der Waals surface area (Å²) in [7, 11) is 0. The fourth-order valence-corrected chi connectivity index (χ4v) is 8.69. The van der Waals surface area contributed by atoms with Crippen molar-refractivity contribution < 1.29 is 0 Å². The quantitative estimate of drug-likeness (QED) is 0.152. The molecule has 0 aliphatic heterocycles. The van der Waals surface area contributed by atoms with Crippen molar-refractivity contribution in [1.82, 2.24) is 19.9 Å². The number of rotatable bonds is 7. The molecule has 0 atom stereocenters. The van der Waals surface area contributed by atoms with Crippen LogP contribution in [0.15, 0.2) is 194 Å². The highest BCUT2D eigenvalue weighted by atomic mass is 14.9. The first-order chi connectivity index (χ1) is 29.5. The molecular weight excluding hydrogens is 729 g/mol. The highest BCUT2D eigenvalue weighted by Gasteiger charge is 2.18. The van der Waals surface area contributed by atoms with Gasteiger partial charge in [0.05, 0.1) is 11.4 Å². The van der Waals surface area contributed by atoms with E-state index in [-0.39, 0.29) is 0 Å². The Kier molecular flexibility index (Phi) is 8.56. The van der Waals surface area contributed by atoms with Crippen molar-refractivity contribution in [3.8, 4) is 78.7 Å². The molecule has 60 heavy (non-hydrogen) atoms. The monoisotopic (exact) mass is 766 g/mol. The molecule has 0 radical (unpaired) electrons. The molecule has 4 nitrogen and oxygen atoms in total. The number of nitrogens with zero attached hydrogens (tertiary/aromatic N) is 4. The minimum atomic E-state index is 0.680. The number of benzene rings is 9. The molecular formula is C56H38N4. The van der Waals surface area contributed by atoms with Crippen LogP contribution in [0.3, 0.4) is 0 Å². The third-order valence-corrected chi connectivity index (χ3v) is 11.6. The number of aryl methyl sites for hydroxylation is 2. The number of hydrogen-bond acceptors (Lipinski definition) is 4. The molecule has 0 saturated carbocycles. The van der Waals surface area contributed by atoms with Gasteiger partial charge in [-0.3, -0.25) is 0 Å². The second-order valence-corrected chi connectivity index (χ2v) is 15.6. The highest BCUT2D eigenvalue weighted by Crippen LogP contribution is 2.42. The van der Waals surface area contributed by atoms with Crippen molar-refractivity contribution in [1.29, 1.82) is 0 Å². The van der Waals surface area contributed by atoms with E-state index in [1.807, 2.05) is 32.0 Å². The zero-order chi connectivity index (χ0) is 40.2. The van der Waals surface area contributed by atoms with Crippen molar-refractivity contribution >= 4 is 32.3 Å². The van der Waals surface area contributed by atoms with Crippen LogP contribution in [0.4, 0.5) is 0 Å². The molecule has 0 unspecified atom stereocenters. The van der Waals surface area contributed by atoms with Gasteiger partial charge in [-0.2, -0.15) is 0 Å². The lowest BCUT2D eigenvalue weighted by molar-refractivity contribution is 1.06. The summed E-state index contributed by atoms with van der Waals surface area (Å²) in [5, 5.41) is 7.56. The summed E-state index contributed by atoms with van der Waals surface area (Å²) in [6.45, 7) is 4.02. The number of aromatic nitrogens is 4. The Morgan fingerprint density at radius 1 is 0.283 bits per heavy atom. The first-order valence-electron chi connectivity index (χ1n) is 20.4. The molecule has 0 N–H and O–H groups in total. The van der Waals surface area contributed by atoms with Gasteiger partial charge in [0.15, 0.2) is 11.6 Å². The van der Waals surface area contributed by atoms with Crippen molar-refractivity contribution in [2.45, 2.75) is 13.8 Å². The molecule has 0 bridgehead atoms. The topological polar surface area (TPSA) is 51.6 Å². The van der Waals surface area contributed by atoms with E-state index in [0.717, 1.165) is 78.7 Å². The molecule has 2 heterocycles. The van der Waals surface area contributed by atoms with E-state index < -0.39 is 0 Å². The first-order valence-corrected chi connectivity index (χ1v) is 20.4. The lowest BCUT2D eigenvalue weighted by Gasteiger charge is -2.17. The van der Waals surface area contributed by atoms with E-state index in [1.54, 1.807) is 0 Å². The van der Waals surface area contributed by atoms with Gasteiger partial charge in [0, 0.05) is 33.6 Å². The molecule has 11 rings (SSSR count). The molecule has 4 heteroatoms. The standard InChI is InChI=1S/C56H38N4/c1-35-29-36(2)58-55(57-35)44-27-23-38(24-28-44)37-19-21-39(22-20-37)46-30-47(50-33-45-17-9-15-42-25-26-43-16-10-18-49(50)54(43)53(42)45)32-48(31-46)56-59-51(40-11-5-3-6-12-40)34-52(60-56)41-13-7-4-8-14-41/h3-34H,1-2H3. The summed E-state index contributed by atoms with van der Waals surface area (Å²) in [4.78, 5) is 19.9. The van der Waals surface area contributed by atoms with Crippen LogP contribution in [0.1, 0.15) is 11.4 Å². The van der Waals surface area contributed by atoms with Gasteiger partial charge in [0.25, 0.3) is 0 Å². The zero-order valence-electron chi connectivity index (χ0n) is 33.3. The third-order valence-electron chi connectivity index (χ3n) is 11.6. The van der Waals surface area contributed by atoms with Gasteiger partial charge in [-0.25, -0.2) is 19.9 Å². The van der Waals surface area contributed by atoms with E-state index in [0.29, 0.717) is 5.82 Å². The highest BCUT2D eigenvalue weighted by molar-refractivity contribution is 6.26. The molecule has 2 aromatic heterocycles. The Labute approximate surface area is 348 Å². The van der Waals surface area contributed by atoms with Crippen molar-refractivity contribution in [3.63, 3.8) is 0 Å². The molecule has 0 fully saturated rings. The van der Waals surface area contributed by atoms with Crippen LogP contribution in [0, 0.1) is 13.8 Å². The molecule has 0 aliphatic carbocycles. The van der Waals surface area contributed by atoms with Crippen molar-refractivity contribution in [2.75, 3.05) is 0 Å². The smallest absolute Gasteiger partial charge is 0.160 e. The average Bonchev–Trinajstić information content (AvgIpc) is 3.31. The lowest BCUT2D eigenvalue weighted by atomic mass is 9.87. The first kappa shape index (κ1) is 35.4. The maximum atomic E-state index is 5.28. The maximum Gasteiger partial charge on any atom is 0.160 e. The summed E-state index contributed by atoms with van der Waals surface area (Å²) in [6.07, 6.45) is 0. The van der Waals surface area contributed by atoms with E-state index in [1.165, 1.54) is 37.9 Å². The van der Waals surface area contributed by atoms with Crippen LogP contribution in [-0.2, 0) is 0 Å². The van der Waals surface area contributed by atoms with Gasteiger partial charge in [-0.05, 0) is 116 Å². The van der Waals surface area contributed by atoms with Crippen LogP contribution in [0.5, 0.6) is 0 Å². The molecule has 0 saturated heterocycles. The fourth-order valence-electron chi connectivity index (χ4n) is 8.69. The van der Waals surface area contributed by atoms with Gasteiger partial charge < -0.3 is 0 Å². The Bertz CT molecular complexity index is 3280. The van der Waals surface area contributed by atoms with E-state index in [4.69, 9.17) is 9.97 Å². The summed E-state index contributed by atoms with van der Waals surface area (Å²) in [5.41, 5.74) is 14.5. The maximum absolute atomic E-state index is 5.28. The Morgan fingerprint density at radius 2 is 0.767 bits per heavy atom. The van der Waals surface area contributed by atoms with Crippen LogP contribution < -0.4 is 0 Å². The van der Waals surface area contributed by atoms with Gasteiger partial charge in [0.2, 0.25) is 0 Å². The predicted octanol–water partition coefficient (Wildman–Crippen LogP) is 14.4. The Hall–Kier alpha value is -7.82. The fraction of sp³-hybridized carbons (Fsp3) is 0.0357. The second-order valence-electron chi connectivity index (χ2n) is 15.6. The Balaban J connectivity index is 1.08. The van der Waals surface area contributed by atoms with Crippen LogP contribution in [0.25, 0.3) is 111 Å². The molecule has 0 aliphatic rings. The molecule has 0 spiro atoms. The summed E-state index contributed by atoms with van der Waals surface area (Å²) in [6, 6.07) is 69.2. The summed E-state index contributed by atoms with van der Waals surface area (Å²) >= 11 is 0. The average molecular weight is 767 g/mol. The van der Waals surface area contributed by atoms with Gasteiger partial charge >= 0.3 is 0 Å². The van der Waals surface area contributed by atoms with Crippen LogP contribution in [0.2, 0.25) is 0 Å². The van der Waals surface area contributed by atoms with Crippen LogP contribution in [-0.4, -0.2) is 19.9 Å². The largest absolute Gasteiger partial charge is 0.233 e. The van der Waals surface area contributed by atoms with Crippen LogP contribution >= 0.6 is 0 Å². The number of hydrogen-bond donors (Lipinski definition) is 0. The Morgan fingerprint density at radius 3 is 1.38 bits per heavy atom.